The highest BCUT2D eigenvalue weighted by Crippen LogP contribution is 2.44. The molecule has 3 atom stereocenters. The lowest BCUT2D eigenvalue weighted by Crippen LogP contribution is -2.46. The molecule has 0 amide bonds. The first-order valence-electron chi connectivity index (χ1n) is 10.7. The molecule has 5 nitrogen and oxygen atoms in total. The van der Waals surface area contributed by atoms with Crippen molar-refractivity contribution >= 4 is 28.8 Å². The van der Waals surface area contributed by atoms with Gasteiger partial charge in [0.05, 0.1) is 12.3 Å². The Labute approximate surface area is 186 Å². The van der Waals surface area contributed by atoms with E-state index in [4.69, 9.17) is 21.3 Å². The van der Waals surface area contributed by atoms with Crippen LogP contribution in [0.3, 0.4) is 0 Å². The zero-order chi connectivity index (χ0) is 21.5. The molecule has 2 aromatic rings. The molecule has 0 bridgehead atoms. The summed E-state index contributed by atoms with van der Waals surface area (Å²) >= 11 is 6.65. The summed E-state index contributed by atoms with van der Waals surface area (Å²) in [6.45, 7) is 3.55. The highest BCUT2D eigenvalue weighted by Gasteiger charge is 2.44. The van der Waals surface area contributed by atoms with Gasteiger partial charge in [-0.1, -0.05) is 29.8 Å². The number of benzene rings is 2. The summed E-state index contributed by atoms with van der Waals surface area (Å²) in [5.74, 6) is -0.326. The number of carbonyl (C=O) groups is 1. The Kier molecular flexibility index (Phi) is 5.54. The van der Waals surface area contributed by atoms with Gasteiger partial charge >= 0.3 is 0 Å². The molecule has 3 aliphatic heterocycles. The quantitative estimate of drug-likeness (QED) is 0.761. The Balaban J connectivity index is 1.60. The molecule has 7 heteroatoms. The number of hydrogen-bond donors (Lipinski definition) is 1. The van der Waals surface area contributed by atoms with Crippen molar-refractivity contribution in [2.45, 2.75) is 18.4 Å². The van der Waals surface area contributed by atoms with Gasteiger partial charge in [0.15, 0.2) is 5.78 Å². The first kappa shape index (κ1) is 20.6. The second kappa shape index (κ2) is 8.34. The Hall–Kier alpha value is -2.28. The number of rotatable bonds is 5. The van der Waals surface area contributed by atoms with Gasteiger partial charge < -0.3 is 15.0 Å². The van der Waals surface area contributed by atoms with E-state index < -0.39 is 5.82 Å². The van der Waals surface area contributed by atoms with E-state index in [0.717, 1.165) is 42.9 Å². The smallest absolute Gasteiger partial charge is 0.185 e. The van der Waals surface area contributed by atoms with Gasteiger partial charge in [-0.3, -0.25) is 9.79 Å². The van der Waals surface area contributed by atoms with E-state index in [0.29, 0.717) is 28.8 Å². The minimum absolute atomic E-state index is 0.00143. The van der Waals surface area contributed by atoms with Crippen LogP contribution in [0, 0.1) is 11.7 Å². The molecule has 31 heavy (non-hydrogen) atoms. The van der Waals surface area contributed by atoms with E-state index >= 15 is 0 Å². The molecular weight excluding hydrogens is 417 g/mol. The van der Waals surface area contributed by atoms with Crippen LogP contribution in [-0.4, -0.2) is 62.3 Å². The highest BCUT2D eigenvalue weighted by molar-refractivity contribution is 6.32. The lowest BCUT2D eigenvalue weighted by Gasteiger charge is -2.41. The lowest BCUT2D eigenvalue weighted by molar-refractivity contribution is 0.0999. The molecule has 0 aliphatic carbocycles. The van der Waals surface area contributed by atoms with Gasteiger partial charge in [-0.2, -0.15) is 0 Å². The Morgan fingerprint density at radius 1 is 1.32 bits per heavy atom. The number of ether oxygens (including phenoxy) is 1. The van der Waals surface area contributed by atoms with E-state index in [1.165, 1.54) is 12.1 Å². The summed E-state index contributed by atoms with van der Waals surface area (Å²) in [4.78, 5) is 19.6. The maximum absolute atomic E-state index is 14.4. The van der Waals surface area contributed by atoms with Gasteiger partial charge in [0.25, 0.3) is 0 Å². The molecule has 1 N–H and O–H groups in total. The molecule has 0 aromatic heterocycles. The van der Waals surface area contributed by atoms with Gasteiger partial charge in [-0.15, -0.1) is 0 Å². The van der Waals surface area contributed by atoms with E-state index in [9.17, 15) is 9.18 Å². The number of methoxy groups -OCH3 is 1. The lowest BCUT2D eigenvalue weighted by atomic mass is 9.73. The molecule has 3 aliphatic rings. The average molecular weight is 442 g/mol. The number of carbonyl (C=O) groups excluding carboxylic acids is 1. The highest BCUT2D eigenvalue weighted by atomic mass is 35.5. The summed E-state index contributed by atoms with van der Waals surface area (Å²) in [5, 5.41) is 4.28. The molecule has 162 valence electrons. The number of anilines is 1. The number of nitrogens with one attached hydrogen (secondary N) is 1. The van der Waals surface area contributed by atoms with Crippen LogP contribution in [0.4, 0.5) is 10.1 Å². The van der Waals surface area contributed by atoms with Crippen LogP contribution in [0.25, 0.3) is 0 Å². The van der Waals surface area contributed by atoms with Crippen molar-refractivity contribution < 1.29 is 13.9 Å². The van der Waals surface area contributed by atoms with Crippen molar-refractivity contribution in [3.05, 3.63) is 63.9 Å². The fourth-order valence-electron chi connectivity index (χ4n) is 5.26. The zero-order valence-corrected chi connectivity index (χ0v) is 18.2. The molecule has 0 spiro atoms. The number of Topliss-reactive ketones (excluding diaryl/α,β-unsaturated/α-hetero) is 1. The molecule has 0 unspecified atom stereocenters. The first-order valence-corrected chi connectivity index (χ1v) is 11.1. The van der Waals surface area contributed by atoms with Crippen LogP contribution >= 0.6 is 11.6 Å². The van der Waals surface area contributed by atoms with E-state index in [1.807, 2.05) is 24.3 Å². The van der Waals surface area contributed by atoms with Crippen molar-refractivity contribution in [3.63, 3.8) is 0 Å². The summed E-state index contributed by atoms with van der Waals surface area (Å²) < 4.78 is 19.6. The van der Waals surface area contributed by atoms with Crippen LogP contribution in [-0.2, 0) is 4.74 Å². The van der Waals surface area contributed by atoms with E-state index in [-0.39, 0.29) is 24.3 Å². The zero-order valence-electron chi connectivity index (χ0n) is 17.4. The third kappa shape index (κ3) is 3.67. The maximum atomic E-state index is 14.4. The van der Waals surface area contributed by atoms with E-state index in [2.05, 4.69) is 10.2 Å². The predicted octanol–water partition coefficient (Wildman–Crippen LogP) is 4.01. The molecule has 1 saturated heterocycles. The summed E-state index contributed by atoms with van der Waals surface area (Å²) in [6.07, 6.45) is 1.02. The number of aliphatic imine (C=N–C) groups is 1. The summed E-state index contributed by atoms with van der Waals surface area (Å²) in [5.41, 5.74) is 3.64. The van der Waals surface area contributed by atoms with Crippen LogP contribution in [0.5, 0.6) is 0 Å². The fourth-order valence-corrected chi connectivity index (χ4v) is 5.52. The number of ketones is 1. The second-order valence-corrected chi connectivity index (χ2v) is 8.92. The second-order valence-electron chi connectivity index (χ2n) is 8.51. The van der Waals surface area contributed by atoms with Gasteiger partial charge in [0.2, 0.25) is 0 Å². The minimum atomic E-state index is -0.404. The third-order valence-electron chi connectivity index (χ3n) is 6.70. The molecule has 1 fully saturated rings. The molecule has 0 saturated carbocycles. The first-order chi connectivity index (χ1) is 15.1. The van der Waals surface area contributed by atoms with Gasteiger partial charge in [0.1, 0.15) is 12.4 Å². The number of likely N-dealkylation sites (tertiary alicyclic amines) is 1. The van der Waals surface area contributed by atoms with Crippen LogP contribution in [0.2, 0.25) is 5.02 Å². The SMILES string of the molecule is COCCN1CC[C@@H]([C@@H]2Nc3cc(F)cc4c3C(=NCC4=O)[C@H]2c2ccccc2Cl)C1. The number of nitrogens with zero attached hydrogens (tertiary/aromatic N) is 2. The standard InChI is InChI=1S/C24H25ClFN3O2/c1-31-9-8-29-7-6-14(13-29)23-22(16-4-2-3-5-18(16)25)24-21-17(20(30)12-27-24)10-15(26)11-19(21)28-23/h2-5,10-11,14,22-23,28H,6-9,12-13H2,1H3/t14-,22+,23+/m1/s1. The van der Waals surface area contributed by atoms with Crippen LogP contribution in [0.1, 0.15) is 33.8 Å². The molecule has 3 heterocycles. The van der Waals surface area contributed by atoms with Crippen molar-refractivity contribution in [2.75, 3.05) is 45.2 Å². The number of halogens is 2. The van der Waals surface area contributed by atoms with Crippen molar-refractivity contribution in [3.8, 4) is 0 Å². The summed E-state index contributed by atoms with van der Waals surface area (Å²) in [6, 6.07) is 10.6. The maximum Gasteiger partial charge on any atom is 0.185 e. The Bertz CT molecular complexity index is 1060. The van der Waals surface area contributed by atoms with Gasteiger partial charge in [-0.05, 0) is 42.6 Å². The Morgan fingerprint density at radius 2 is 2.16 bits per heavy atom. The predicted molar refractivity (Wildman–Crippen MR) is 120 cm³/mol. The number of hydrogen-bond acceptors (Lipinski definition) is 5. The Morgan fingerprint density at radius 3 is 2.97 bits per heavy atom. The van der Waals surface area contributed by atoms with Crippen LogP contribution in [0.15, 0.2) is 41.4 Å². The minimum Gasteiger partial charge on any atom is -0.383 e. The third-order valence-corrected chi connectivity index (χ3v) is 7.04. The monoisotopic (exact) mass is 441 g/mol. The molecule has 2 aromatic carbocycles. The van der Waals surface area contributed by atoms with Gasteiger partial charge in [-0.25, -0.2) is 4.39 Å². The summed E-state index contributed by atoms with van der Waals surface area (Å²) in [7, 11) is 1.72. The largest absolute Gasteiger partial charge is 0.383 e. The molecule has 5 rings (SSSR count). The molecular formula is C24H25ClFN3O2. The van der Waals surface area contributed by atoms with Crippen molar-refractivity contribution in [1.82, 2.24) is 4.90 Å². The van der Waals surface area contributed by atoms with E-state index in [1.54, 1.807) is 7.11 Å². The van der Waals surface area contributed by atoms with Crippen molar-refractivity contribution in [1.29, 1.82) is 0 Å². The fraction of sp³-hybridized carbons (Fsp3) is 0.417. The molecule has 0 radical (unpaired) electrons. The van der Waals surface area contributed by atoms with Crippen LogP contribution < -0.4 is 5.32 Å². The van der Waals surface area contributed by atoms with Gasteiger partial charge in [0, 0.05) is 54.0 Å². The average Bonchev–Trinajstić information content (AvgIpc) is 3.23. The normalized spacial score (nSPS) is 25.2. The van der Waals surface area contributed by atoms with Crippen molar-refractivity contribution in [2.24, 2.45) is 10.9 Å². The topological polar surface area (TPSA) is 53.9 Å².